The van der Waals surface area contributed by atoms with Gasteiger partial charge in [0.1, 0.15) is 12.4 Å². The van der Waals surface area contributed by atoms with Crippen molar-refractivity contribution in [2.45, 2.75) is 51.7 Å². The van der Waals surface area contributed by atoms with E-state index >= 15 is 0 Å². The maximum atomic E-state index is 11.8. The topological polar surface area (TPSA) is 65.1 Å². The minimum atomic E-state index is -0.341. The van der Waals surface area contributed by atoms with Gasteiger partial charge in [-0.15, -0.1) is 0 Å². The van der Waals surface area contributed by atoms with Crippen LogP contribution in [-0.2, 0) is 46.7 Å². The summed E-state index contributed by atoms with van der Waals surface area (Å²) < 4.78 is 15.9. The van der Waals surface area contributed by atoms with E-state index in [4.69, 9.17) is 14.2 Å². The number of hydrogen-bond acceptors (Lipinski definition) is 6. The van der Waals surface area contributed by atoms with Crippen LogP contribution in [0.3, 0.4) is 0 Å². The molecule has 0 aliphatic carbocycles. The fourth-order valence-electron chi connectivity index (χ4n) is 5.13. The molecule has 44 heavy (non-hydrogen) atoms. The Bertz CT molecular complexity index is 1430. The number of hydrogen-bond donors (Lipinski definition) is 0. The number of para-hydroxylation sites is 1. The fourth-order valence-corrected chi connectivity index (χ4v) is 5.13. The SMILES string of the molecule is COC(=O)CCCCN(CCc1ccccc1O[14CH2]c1ccc(CCc2ccccc2)cc1)Cc1ccc(C(=O)OC)cc1. The Kier molecular flexibility index (Phi) is 13.0. The van der Waals surface area contributed by atoms with Crippen LogP contribution in [0.4, 0.5) is 0 Å². The van der Waals surface area contributed by atoms with Crippen molar-refractivity contribution in [2.75, 3.05) is 27.3 Å². The Hall–Kier alpha value is -4.42. The van der Waals surface area contributed by atoms with Crippen molar-refractivity contribution in [1.82, 2.24) is 4.90 Å². The summed E-state index contributed by atoms with van der Waals surface area (Å²) in [7, 11) is 2.81. The second kappa shape index (κ2) is 17.6. The van der Waals surface area contributed by atoms with Crippen molar-refractivity contribution >= 4 is 11.9 Å². The molecule has 0 spiro atoms. The molecule has 0 aliphatic rings. The van der Waals surface area contributed by atoms with Crippen LogP contribution in [0.15, 0.2) is 103 Å². The molecule has 6 heteroatoms. The van der Waals surface area contributed by atoms with Gasteiger partial charge in [-0.05, 0) is 84.7 Å². The highest BCUT2D eigenvalue weighted by Crippen LogP contribution is 2.21. The quantitative estimate of drug-likeness (QED) is 0.0948. The Morgan fingerprint density at radius 2 is 1.32 bits per heavy atom. The minimum absolute atomic E-state index is 0.178. The van der Waals surface area contributed by atoms with Crippen molar-refractivity contribution < 1.29 is 23.8 Å². The number of ether oxygens (including phenoxy) is 3. The zero-order chi connectivity index (χ0) is 31.0. The third kappa shape index (κ3) is 10.7. The molecular weight excluding hydrogens is 552 g/mol. The molecule has 0 aliphatic heterocycles. The van der Waals surface area contributed by atoms with Gasteiger partial charge in [-0.3, -0.25) is 9.69 Å². The maximum absolute atomic E-state index is 11.8. The van der Waals surface area contributed by atoms with Gasteiger partial charge in [-0.25, -0.2) is 4.79 Å². The normalized spacial score (nSPS) is 10.9. The summed E-state index contributed by atoms with van der Waals surface area (Å²) in [5.41, 5.74) is 6.63. The Labute approximate surface area is 261 Å². The van der Waals surface area contributed by atoms with E-state index in [9.17, 15) is 9.59 Å². The van der Waals surface area contributed by atoms with Crippen molar-refractivity contribution in [2.24, 2.45) is 0 Å². The molecule has 0 bridgehead atoms. The van der Waals surface area contributed by atoms with Gasteiger partial charge in [-0.1, -0.05) is 84.9 Å². The lowest BCUT2D eigenvalue weighted by atomic mass is 10.0. The summed E-state index contributed by atoms with van der Waals surface area (Å²) in [6.07, 6.45) is 4.95. The Morgan fingerprint density at radius 3 is 2.02 bits per heavy atom. The van der Waals surface area contributed by atoms with Crippen LogP contribution in [0, 0.1) is 0 Å². The van der Waals surface area contributed by atoms with Gasteiger partial charge >= 0.3 is 11.9 Å². The van der Waals surface area contributed by atoms with Crippen LogP contribution >= 0.6 is 0 Å². The lowest BCUT2D eigenvalue weighted by Crippen LogP contribution is -2.27. The second-order valence-corrected chi connectivity index (χ2v) is 10.9. The predicted octanol–water partition coefficient (Wildman–Crippen LogP) is 7.23. The largest absolute Gasteiger partial charge is 0.489 e. The first kappa shape index (κ1) is 32.5. The van der Waals surface area contributed by atoms with Crippen molar-refractivity contribution in [3.63, 3.8) is 0 Å². The number of rotatable bonds is 17. The average Bonchev–Trinajstić information content (AvgIpc) is 3.08. The number of methoxy groups -OCH3 is 2. The standard InChI is InChI=1S/C38H43NO5/c1-42-37(40)14-8-9-26-39(28-32-21-23-35(24-22-32)38(41)43-2)27-25-34-12-6-7-13-36(34)44-29-33-19-17-31(18-20-33)16-15-30-10-4-3-5-11-30/h3-7,10-13,17-24H,8-9,14-16,25-29H2,1-2H3/i29+2. The van der Waals surface area contributed by atoms with E-state index in [0.29, 0.717) is 18.6 Å². The molecule has 0 aromatic heterocycles. The van der Waals surface area contributed by atoms with Gasteiger partial charge in [0, 0.05) is 19.5 Å². The number of nitrogens with zero attached hydrogens (tertiary/aromatic N) is 1. The summed E-state index contributed by atoms with van der Waals surface area (Å²) in [4.78, 5) is 25.8. The Balaban J connectivity index is 1.33. The van der Waals surface area contributed by atoms with Crippen LogP contribution in [0.1, 0.15) is 57.4 Å². The highest BCUT2D eigenvalue weighted by Gasteiger charge is 2.12. The summed E-state index contributed by atoms with van der Waals surface area (Å²) in [6.45, 7) is 2.92. The van der Waals surface area contributed by atoms with Gasteiger partial charge in [-0.2, -0.15) is 0 Å². The predicted molar refractivity (Wildman–Crippen MR) is 174 cm³/mol. The number of carbonyl (C=O) groups is 2. The van der Waals surface area contributed by atoms with Gasteiger partial charge in [0.25, 0.3) is 0 Å². The van der Waals surface area contributed by atoms with E-state index in [1.54, 1.807) is 12.1 Å². The zero-order valence-corrected chi connectivity index (χ0v) is 25.9. The van der Waals surface area contributed by atoms with Gasteiger partial charge in [0.2, 0.25) is 0 Å². The number of unbranched alkanes of at least 4 members (excludes halogenated alkanes) is 1. The summed E-state index contributed by atoms with van der Waals surface area (Å²) >= 11 is 0. The molecule has 4 aromatic carbocycles. The van der Waals surface area contributed by atoms with E-state index < -0.39 is 0 Å². The van der Waals surface area contributed by atoms with E-state index in [0.717, 1.165) is 74.2 Å². The molecule has 0 saturated carbocycles. The molecule has 0 N–H and O–H groups in total. The summed E-state index contributed by atoms with van der Waals surface area (Å²) in [6, 6.07) is 35.1. The highest BCUT2D eigenvalue weighted by molar-refractivity contribution is 5.89. The molecule has 0 amide bonds. The van der Waals surface area contributed by atoms with E-state index in [-0.39, 0.29) is 11.9 Å². The van der Waals surface area contributed by atoms with Gasteiger partial charge in [0.05, 0.1) is 19.8 Å². The smallest absolute Gasteiger partial charge is 0.337 e. The molecule has 0 radical (unpaired) electrons. The molecule has 4 aromatic rings. The first-order valence-corrected chi connectivity index (χ1v) is 15.3. The molecular formula is C38H43NO5. The fraction of sp³-hybridized carbons (Fsp3) is 0.316. The Morgan fingerprint density at radius 1 is 0.659 bits per heavy atom. The first-order chi connectivity index (χ1) is 21.5. The number of esters is 2. The lowest BCUT2D eigenvalue weighted by molar-refractivity contribution is -0.140. The van der Waals surface area contributed by atoms with Crippen LogP contribution in [0.25, 0.3) is 0 Å². The van der Waals surface area contributed by atoms with Crippen LogP contribution in [0.2, 0.25) is 0 Å². The molecule has 0 fully saturated rings. The number of aryl methyl sites for hydroxylation is 2. The molecule has 6 nitrogen and oxygen atoms in total. The van der Waals surface area contributed by atoms with E-state index in [2.05, 4.69) is 71.6 Å². The minimum Gasteiger partial charge on any atom is -0.489 e. The van der Waals surface area contributed by atoms with E-state index in [1.807, 2.05) is 24.3 Å². The lowest BCUT2D eigenvalue weighted by Gasteiger charge is -2.23. The highest BCUT2D eigenvalue weighted by atomic mass is 16.6. The van der Waals surface area contributed by atoms with Crippen LogP contribution in [-0.4, -0.2) is 44.1 Å². The summed E-state index contributed by atoms with van der Waals surface area (Å²) in [5.74, 6) is 0.378. The third-order valence-corrected chi connectivity index (χ3v) is 7.75. The van der Waals surface area contributed by atoms with Crippen molar-refractivity contribution in [3.8, 4) is 5.75 Å². The van der Waals surface area contributed by atoms with Gasteiger partial charge < -0.3 is 14.2 Å². The summed E-state index contributed by atoms with van der Waals surface area (Å²) in [5, 5.41) is 0. The van der Waals surface area contributed by atoms with Crippen LogP contribution in [0.5, 0.6) is 5.75 Å². The van der Waals surface area contributed by atoms with Gasteiger partial charge in [0.15, 0.2) is 0 Å². The molecule has 4 rings (SSSR count). The zero-order valence-electron chi connectivity index (χ0n) is 25.9. The average molecular weight is 596 g/mol. The number of benzene rings is 4. The monoisotopic (exact) mass is 595 g/mol. The van der Waals surface area contributed by atoms with Crippen molar-refractivity contribution in [3.05, 3.63) is 137 Å². The molecule has 0 atom stereocenters. The first-order valence-electron chi connectivity index (χ1n) is 15.3. The molecule has 0 heterocycles. The second-order valence-electron chi connectivity index (χ2n) is 10.9. The maximum Gasteiger partial charge on any atom is 0.337 e. The molecule has 0 saturated heterocycles. The van der Waals surface area contributed by atoms with Crippen LogP contribution < -0.4 is 4.74 Å². The van der Waals surface area contributed by atoms with Crippen molar-refractivity contribution in [1.29, 1.82) is 0 Å². The number of carbonyl (C=O) groups excluding carboxylic acids is 2. The van der Waals surface area contributed by atoms with E-state index in [1.165, 1.54) is 25.3 Å². The third-order valence-electron chi connectivity index (χ3n) is 7.75. The molecule has 230 valence electrons. The molecule has 0 unspecified atom stereocenters.